The van der Waals surface area contributed by atoms with Gasteiger partial charge >= 0.3 is 5.97 Å². The first-order valence-corrected chi connectivity index (χ1v) is 7.47. The summed E-state index contributed by atoms with van der Waals surface area (Å²) in [6.45, 7) is 5.18. The van der Waals surface area contributed by atoms with E-state index in [0.29, 0.717) is 0 Å². The van der Waals surface area contributed by atoms with Gasteiger partial charge in [0.1, 0.15) is 23.2 Å². The molecule has 1 aliphatic rings. The van der Waals surface area contributed by atoms with Gasteiger partial charge in [-0.25, -0.2) is 13.6 Å². The minimum atomic E-state index is -0.737. The highest BCUT2D eigenvalue weighted by atomic mass is 19.1. The third kappa shape index (κ3) is 4.73. The van der Waals surface area contributed by atoms with E-state index in [1.165, 1.54) is 31.2 Å². The highest BCUT2D eigenvalue weighted by Gasteiger charge is 2.15. The Kier molecular flexibility index (Phi) is 6.00. The predicted octanol–water partition coefficient (Wildman–Crippen LogP) is 4.39. The van der Waals surface area contributed by atoms with Crippen molar-refractivity contribution < 1.29 is 27.8 Å². The standard InChI is InChI=1S/C19H16F2O4/c1-12(2)19(23)25-13-4-3-5-17(20)15(8-6-13)16-9-7-14(24-11-22)10-18(16)21/h4,6-11H,1,3,5H2,2H3/b8-6-,13-4+,17-15+. The maximum atomic E-state index is 14.3. The quantitative estimate of drug-likeness (QED) is 0.451. The van der Waals surface area contributed by atoms with Gasteiger partial charge in [-0.2, -0.15) is 0 Å². The summed E-state index contributed by atoms with van der Waals surface area (Å²) in [4.78, 5) is 21.9. The molecule has 1 aromatic rings. The van der Waals surface area contributed by atoms with Crippen molar-refractivity contribution in [2.24, 2.45) is 0 Å². The number of esters is 1. The van der Waals surface area contributed by atoms with Gasteiger partial charge in [-0.15, -0.1) is 0 Å². The first-order chi connectivity index (χ1) is 11.9. The number of benzene rings is 1. The zero-order valence-corrected chi connectivity index (χ0v) is 13.6. The second kappa shape index (κ2) is 8.19. The smallest absolute Gasteiger partial charge is 0.338 e. The molecule has 0 saturated carbocycles. The Morgan fingerprint density at radius 3 is 2.68 bits per heavy atom. The van der Waals surface area contributed by atoms with E-state index in [-0.39, 0.29) is 47.5 Å². The molecule has 0 unspecified atom stereocenters. The van der Waals surface area contributed by atoms with Crippen LogP contribution in [0, 0.1) is 5.82 Å². The van der Waals surface area contributed by atoms with Gasteiger partial charge in [0.25, 0.3) is 6.47 Å². The molecule has 1 aromatic carbocycles. The van der Waals surface area contributed by atoms with Crippen LogP contribution >= 0.6 is 0 Å². The van der Waals surface area contributed by atoms with Crippen molar-refractivity contribution in [1.29, 1.82) is 0 Å². The first-order valence-electron chi connectivity index (χ1n) is 7.47. The summed E-state index contributed by atoms with van der Waals surface area (Å²) in [7, 11) is 0. The fraction of sp³-hybridized carbons (Fsp3) is 0.158. The summed E-state index contributed by atoms with van der Waals surface area (Å²) in [5, 5.41) is 0. The van der Waals surface area contributed by atoms with Crippen LogP contribution in [0.4, 0.5) is 8.78 Å². The molecule has 0 radical (unpaired) electrons. The lowest BCUT2D eigenvalue weighted by molar-refractivity contribution is -0.134. The average Bonchev–Trinajstić information content (AvgIpc) is 2.54. The van der Waals surface area contributed by atoms with Gasteiger partial charge < -0.3 is 9.47 Å². The minimum Gasteiger partial charge on any atom is -0.429 e. The summed E-state index contributed by atoms with van der Waals surface area (Å²) in [6, 6.07) is 3.67. The van der Waals surface area contributed by atoms with E-state index < -0.39 is 17.6 Å². The van der Waals surface area contributed by atoms with Crippen molar-refractivity contribution >= 4 is 18.0 Å². The summed E-state index contributed by atoms with van der Waals surface area (Å²) >= 11 is 0. The number of carbonyl (C=O) groups is 2. The maximum absolute atomic E-state index is 14.3. The summed E-state index contributed by atoms with van der Waals surface area (Å²) in [5.74, 6) is -1.58. The molecular weight excluding hydrogens is 330 g/mol. The lowest BCUT2D eigenvalue weighted by Gasteiger charge is -2.12. The predicted molar refractivity (Wildman–Crippen MR) is 88.5 cm³/mol. The lowest BCUT2D eigenvalue weighted by atomic mass is 10.00. The van der Waals surface area contributed by atoms with Crippen LogP contribution in [0.2, 0.25) is 0 Å². The molecule has 2 rings (SSSR count). The molecule has 0 fully saturated rings. The van der Waals surface area contributed by atoms with Crippen molar-refractivity contribution in [1.82, 2.24) is 0 Å². The van der Waals surface area contributed by atoms with Gasteiger partial charge in [-0.1, -0.05) is 6.58 Å². The van der Waals surface area contributed by atoms with Crippen LogP contribution in [0.15, 0.2) is 60.2 Å². The molecule has 0 heterocycles. The molecule has 0 aliphatic heterocycles. The second-order valence-electron chi connectivity index (χ2n) is 5.32. The second-order valence-corrected chi connectivity index (χ2v) is 5.32. The van der Waals surface area contributed by atoms with Gasteiger partial charge in [-0.05, 0) is 43.7 Å². The van der Waals surface area contributed by atoms with E-state index >= 15 is 0 Å². The Bertz CT molecular complexity index is 804. The summed E-state index contributed by atoms with van der Waals surface area (Å²) in [5.41, 5.74) is 0.279. The molecule has 0 saturated heterocycles. The zero-order chi connectivity index (χ0) is 18.4. The number of allylic oxidation sites excluding steroid dienone is 5. The molecule has 130 valence electrons. The highest BCUT2D eigenvalue weighted by Crippen LogP contribution is 2.30. The van der Waals surface area contributed by atoms with E-state index in [1.54, 1.807) is 6.08 Å². The molecule has 1 aliphatic carbocycles. The van der Waals surface area contributed by atoms with Crippen LogP contribution < -0.4 is 4.74 Å². The fourth-order valence-corrected chi connectivity index (χ4v) is 2.15. The number of rotatable bonds is 5. The fourth-order valence-electron chi connectivity index (χ4n) is 2.15. The normalized spacial score (nSPS) is 20.5. The van der Waals surface area contributed by atoms with Crippen LogP contribution in [-0.2, 0) is 14.3 Å². The van der Waals surface area contributed by atoms with Crippen molar-refractivity contribution in [3.63, 3.8) is 0 Å². The molecule has 0 N–H and O–H groups in total. The SMILES string of the molecule is C=C(C)C(=O)OC1=C/CC/C(F)=C(c2ccc(OC=O)cc2F)/C=C\1. The average molecular weight is 346 g/mol. The minimum absolute atomic E-state index is 0.0134. The van der Waals surface area contributed by atoms with Gasteiger partial charge in [0.15, 0.2) is 0 Å². The Morgan fingerprint density at radius 2 is 2.04 bits per heavy atom. The van der Waals surface area contributed by atoms with E-state index in [9.17, 15) is 18.4 Å². The van der Waals surface area contributed by atoms with E-state index in [1.807, 2.05) is 0 Å². The lowest BCUT2D eigenvalue weighted by Crippen LogP contribution is -2.04. The molecule has 4 nitrogen and oxygen atoms in total. The van der Waals surface area contributed by atoms with Crippen LogP contribution in [0.25, 0.3) is 5.57 Å². The summed E-state index contributed by atoms with van der Waals surface area (Å²) < 4.78 is 38.3. The number of hydrogen-bond donors (Lipinski definition) is 0. The highest BCUT2D eigenvalue weighted by molar-refractivity contribution is 5.88. The molecule has 6 heteroatoms. The molecule has 0 amide bonds. The Morgan fingerprint density at radius 1 is 1.28 bits per heavy atom. The third-order valence-corrected chi connectivity index (χ3v) is 3.39. The molecule has 0 bridgehead atoms. The number of ether oxygens (including phenoxy) is 2. The van der Waals surface area contributed by atoms with E-state index in [2.05, 4.69) is 11.3 Å². The Balaban J connectivity index is 2.32. The van der Waals surface area contributed by atoms with Crippen molar-refractivity contribution in [3.05, 3.63) is 71.5 Å². The van der Waals surface area contributed by atoms with Gasteiger partial charge in [-0.3, -0.25) is 4.79 Å². The molecule has 25 heavy (non-hydrogen) atoms. The topological polar surface area (TPSA) is 52.6 Å². The Labute approximate surface area is 143 Å². The third-order valence-electron chi connectivity index (χ3n) is 3.39. The van der Waals surface area contributed by atoms with Crippen molar-refractivity contribution in [2.45, 2.75) is 19.8 Å². The number of carbonyl (C=O) groups excluding carboxylic acids is 2. The summed E-state index contributed by atoms with van der Waals surface area (Å²) in [6.07, 6.45) is 4.62. The molecule has 0 spiro atoms. The number of halogens is 2. The van der Waals surface area contributed by atoms with E-state index in [4.69, 9.17) is 4.74 Å². The molecular formula is C19H16F2O4. The molecule has 0 atom stereocenters. The molecule has 0 aromatic heterocycles. The monoisotopic (exact) mass is 346 g/mol. The first kappa shape index (κ1) is 18.3. The van der Waals surface area contributed by atoms with Crippen molar-refractivity contribution in [3.8, 4) is 5.75 Å². The van der Waals surface area contributed by atoms with Gasteiger partial charge in [0, 0.05) is 29.2 Å². The Hall–Kier alpha value is -3.02. The zero-order valence-electron chi connectivity index (χ0n) is 13.6. The van der Waals surface area contributed by atoms with E-state index in [0.717, 1.165) is 6.07 Å². The van der Waals surface area contributed by atoms with Crippen LogP contribution in [0.1, 0.15) is 25.3 Å². The van der Waals surface area contributed by atoms with Gasteiger partial charge in [0.05, 0.1) is 0 Å². The van der Waals surface area contributed by atoms with Gasteiger partial charge in [0.2, 0.25) is 0 Å². The largest absolute Gasteiger partial charge is 0.429 e. The van der Waals surface area contributed by atoms with Crippen molar-refractivity contribution in [2.75, 3.05) is 0 Å². The van der Waals surface area contributed by atoms with Crippen LogP contribution in [0.3, 0.4) is 0 Å². The number of hydrogen-bond acceptors (Lipinski definition) is 4. The van der Waals surface area contributed by atoms with Crippen LogP contribution in [-0.4, -0.2) is 12.4 Å². The van der Waals surface area contributed by atoms with Crippen LogP contribution in [0.5, 0.6) is 5.75 Å². The maximum Gasteiger partial charge on any atom is 0.338 e.